The maximum atomic E-state index is 16.3. The van der Waals surface area contributed by atoms with E-state index in [0.717, 1.165) is 29.9 Å². The summed E-state index contributed by atoms with van der Waals surface area (Å²) < 4.78 is 66.7. The Hall–Kier alpha value is -5.02. The zero-order valence-corrected chi connectivity index (χ0v) is 37.7. The van der Waals surface area contributed by atoms with Crippen molar-refractivity contribution in [3.63, 3.8) is 0 Å². The van der Waals surface area contributed by atoms with E-state index >= 15 is 8.78 Å². The van der Waals surface area contributed by atoms with Crippen LogP contribution in [0.5, 0.6) is 0 Å². The maximum absolute atomic E-state index is 16.3. The van der Waals surface area contributed by atoms with Crippen LogP contribution in [-0.2, 0) is 47.9 Å². The molecule has 0 saturated carbocycles. The van der Waals surface area contributed by atoms with Crippen LogP contribution < -0.4 is 10.9 Å². The molecule has 3 amide bonds. The molecule has 2 aromatic heterocycles. The lowest BCUT2D eigenvalue weighted by Crippen LogP contribution is -2.56. The molecular formula is C43H52F2N5O11PS. The Kier molecular flexibility index (Phi) is 14.0. The van der Waals surface area contributed by atoms with E-state index in [-0.39, 0.29) is 46.8 Å². The van der Waals surface area contributed by atoms with Gasteiger partial charge in [-0.05, 0) is 102 Å². The van der Waals surface area contributed by atoms with Gasteiger partial charge in [0.1, 0.15) is 12.1 Å². The third kappa shape index (κ3) is 10.4. The number of hydrogen-bond donors (Lipinski definition) is 2. The second-order valence-corrected chi connectivity index (χ2v) is 21.3. The van der Waals surface area contributed by atoms with Crippen LogP contribution >= 0.6 is 18.9 Å². The summed E-state index contributed by atoms with van der Waals surface area (Å²) >= 11 is 0.976. The van der Waals surface area contributed by atoms with Gasteiger partial charge >= 0.3 is 25.2 Å². The first-order chi connectivity index (χ1) is 29.5. The summed E-state index contributed by atoms with van der Waals surface area (Å²) in [4.78, 5) is 84.7. The van der Waals surface area contributed by atoms with E-state index in [1.807, 2.05) is 0 Å². The van der Waals surface area contributed by atoms with Crippen molar-refractivity contribution < 1.29 is 55.8 Å². The maximum Gasteiger partial charge on any atom is 0.410 e. The number of aromatic nitrogens is 1. The van der Waals surface area contributed by atoms with Crippen molar-refractivity contribution in [2.75, 3.05) is 26.7 Å². The molecular weight excluding hydrogens is 864 g/mol. The van der Waals surface area contributed by atoms with Gasteiger partial charge < -0.3 is 29.6 Å². The molecule has 63 heavy (non-hydrogen) atoms. The molecule has 2 N–H and O–H groups in total. The number of rotatable bonds is 12. The Labute approximate surface area is 367 Å². The van der Waals surface area contributed by atoms with Gasteiger partial charge in [-0.3, -0.25) is 42.4 Å². The molecule has 3 saturated heterocycles. The number of nitriles is 1. The smallest absolute Gasteiger partial charge is 0.410 e. The third-order valence-electron chi connectivity index (χ3n) is 11.4. The van der Waals surface area contributed by atoms with E-state index in [2.05, 4.69) is 16.4 Å². The molecule has 20 heteroatoms. The Balaban J connectivity index is 1.18. The number of likely N-dealkylation sites (tertiary alicyclic amines) is 1. The minimum atomic E-state index is -5.60. The minimum Gasteiger partial charge on any atom is -0.438 e. The summed E-state index contributed by atoms with van der Waals surface area (Å²) in [5.41, 5.74) is -6.96. The molecule has 3 aliphatic heterocycles. The summed E-state index contributed by atoms with van der Waals surface area (Å²) in [6, 6.07) is 8.01. The molecule has 0 bridgehead atoms. The van der Waals surface area contributed by atoms with Crippen molar-refractivity contribution in [1.82, 2.24) is 20.1 Å². The van der Waals surface area contributed by atoms with Crippen molar-refractivity contribution in [2.24, 2.45) is 16.7 Å². The number of aromatic amines is 1. The molecule has 1 aromatic carbocycles. The average molecular weight is 916 g/mol. The molecule has 16 nitrogen and oxygen atoms in total. The second-order valence-electron chi connectivity index (χ2n) is 18.1. The van der Waals surface area contributed by atoms with Crippen LogP contribution in [0.1, 0.15) is 107 Å². The van der Waals surface area contributed by atoms with Crippen LogP contribution in [0.2, 0.25) is 0 Å². The number of nitrogens with one attached hydrogen (secondary N) is 2. The highest BCUT2D eigenvalue weighted by molar-refractivity contribution is 7.54. The van der Waals surface area contributed by atoms with E-state index in [4.69, 9.17) is 18.5 Å². The number of esters is 2. The molecule has 3 aliphatic rings. The summed E-state index contributed by atoms with van der Waals surface area (Å²) in [6.45, 7) is 7.14. The molecule has 5 atom stereocenters. The lowest BCUT2D eigenvalue weighted by Gasteiger charge is -2.36. The first-order valence-electron chi connectivity index (χ1n) is 20.7. The fraction of sp³-hybridized carbons (Fsp3) is 0.558. The van der Waals surface area contributed by atoms with Crippen molar-refractivity contribution in [3.05, 3.63) is 69.0 Å². The quantitative estimate of drug-likeness (QED) is 0.110. The lowest BCUT2D eigenvalue weighted by atomic mass is 9.91. The number of alkyl halides is 2. The number of H-pyrrole nitrogens is 1. The molecule has 1 unspecified atom stereocenters. The SMILES string of the molecule is CC(C)(C)C(=O)OCOP(=O)(OCOC(=O)C(C)(C)C)C(F)(F)c1ccc2sc(C(=O)NC3CCCC[C@H]4CC[C@@H](C(=O)N5C[C@H](c6cc[nH]c(=O)c6)[C@@H](C#N)C5)N4C3=O)cc2c1. The number of nitrogens with zero attached hydrogens (tertiary/aromatic N) is 3. The van der Waals surface area contributed by atoms with Gasteiger partial charge in [-0.2, -0.15) is 14.0 Å². The van der Waals surface area contributed by atoms with Crippen molar-refractivity contribution in [2.45, 2.75) is 110 Å². The second kappa shape index (κ2) is 18.6. The Bertz CT molecular complexity index is 2370. The summed E-state index contributed by atoms with van der Waals surface area (Å²) in [6.07, 6.45) is 4.87. The van der Waals surface area contributed by atoms with Crippen molar-refractivity contribution in [3.8, 4) is 6.07 Å². The molecule has 0 aliphatic carbocycles. The summed E-state index contributed by atoms with van der Waals surface area (Å²) in [5, 5.41) is 12.9. The molecule has 3 fully saturated rings. The number of pyridine rings is 1. The summed E-state index contributed by atoms with van der Waals surface area (Å²) in [7, 11) is -5.60. The zero-order valence-electron chi connectivity index (χ0n) is 35.9. The topological polar surface area (TPSA) is 214 Å². The average Bonchev–Trinajstić information content (AvgIpc) is 3.97. The number of carbonyl (C=O) groups is 5. The number of fused-ring (bicyclic) bond motifs is 2. The van der Waals surface area contributed by atoms with Gasteiger partial charge in [0.2, 0.25) is 31.0 Å². The van der Waals surface area contributed by atoms with Crippen LogP contribution in [0.4, 0.5) is 8.78 Å². The first kappa shape index (κ1) is 47.5. The van der Waals surface area contributed by atoms with Gasteiger partial charge in [0, 0.05) is 47.6 Å². The fourth-order valence-electron chi connectivity index (χ4n) is 7.92. The third-order valence-corrected chi connectivity index (χ3v) is 14.4. The van der Waals surface area contributed by atoms with E-state index in [9.17, 15) is 38.6 Å². The highest BCUT2D eigenvalue weighted by Gasteiger charge is 2.56. The van der Waals surface area contributed by atoms with Gasteiger partial charge in [-0.1, -0.05) is 18.9 Å². The zero-order chi connectivity index (χ0) is 46.1. The standard InChI is InChI=1S/C43H52F2N5O11PS/c1-41(2,3)39(55)58-23-60-62(57,61-24-59-40(56)42(4,5)6)43(44,45)28-11-14-33-26(17-28)18-34(63-33)36(52)48-31-10-8-7-9-29-12-13-32(50(29)37(31)53)38(54)49-21-27(20-46)30(22-49)25-15-16-47-35(51)19-25/h11,14-19,27,29-32H,7-10,12-13,21-24H2,1-6H3,(H,47,51)(H,48,52)/t27-,29-,30+,31?,32-/m0/s1. The predicted octanol–water partition coefficient (Wildman–Crippen LogP) is 6.76. The first-order valence-corrected chi connectivity index (χ1v) is 23.1. The fourth-order valence-corrected chi connectivity index (χ4v) is 10.1. The number of hydrogen-bond acceptors (Lipinski definition) is 13. The van der Waals surface area contributed by atoms with Crippen LogP contribution in [0, 0.1) is 28.1 Å². The van der Waals surface area contributed by atoms with Crippen molar-refractivity contribution >= 4 is 58.7 Å². The monoisotopic (exact) mass is 915 g/mol. The minimum absolute atomic E-state index is 0.0928. The number of amides is 3. The highest BCUT2D eigenvalue weighted by atomic mass is 32.1. The Morgan fingerprint density at radius 1 is 0.905 bits per heavy atom. The molecule has 0 spiro atoms. The van der Waals surface area contributed by atoms with Gasteiger partial charge in [0.25, 0.3) is 5.91 Å². The van der Waals surface area contributed by atoms with E-state index in [1.165, 1.54) is 65.9 Å². The Morgan fingerprint density at radius 2 is 1.56 bits per heavy atom. The lowest BCUT2D eigenvalue weighted by molar-refractivity contribution is -0.163. The van der Waals surface area contributed by atoms with Crippen LogP contribution in [-0.4, -0.2) is 89.2 Å². The predicted molar refractivity (Wildman–Crippen MR) is 225 cm³/mol. The highest BCUT2D eigenvalue weighted by Crippen LogP contribution is 2.67. The molecule has 340 valence electrons. The number of carbonyl (C=O) groups excluding carboxylic acids is 5. The molecule has 0 radical (unpaired) electrons. The molecule has 3 aromatic rings. The normalized spacial score (nSPS) is 22.2. The number of halogens is 2. The van der Waals surface area contributed by atoms with Crippen LogP contribution in [0.3, 0.4) is 0 Å². The van der Waals surface area contributed by atoms with Gasteiger partial charge in [-0.15, -0.1) is 11.3 Å². The van der Waals surface area contributed by atoms with Gasteiger partial charge in [0.05, 0.1) is 27.7 Å². The number of ether oxygens (including phenoxy) is 2. The van der Waals surface area contributed by atoms with Crippen LogP contribution in [0.15, 0.2) is 47.4 Å². The van der Waals surface area contributed by atoms with E-state index < -0.39 is 85.0 Å². The Morgan fingerprint density at radius 3 is 2.17 bits per heavy atom. The summed E-state index contributed by atoms with van der Waals surface area (Å²) in [5.74, 6) is -3.93. The molecule has 6 rings (SSSR count). The van der Waals surface area contributed by atoms with E-state index in [0.29, 0.717) is 42.4 Å². The number of benzene rings is 1. The van der Waals surface area contributed by atoms with Crippen LogP contribution in [0.25, 0.3) is 10.1 Å². The van der Waals surface area contributed by atoms with E-state index in [1.54, 1.807) is 15.9 Å². The van der Waals surface area contributed by atoms with Gasteiger partial charge in [0.15, 0.2) is 0 Å². The van der Waals surface area contributed by atoms with Gasteiger partial charge in [-0.25, -0.2) is 0 Å². The largest absolute Gasteiger partial charge is 0.438 e. The van der Waals surface area contributed by atoms with Crippen molar-refractivity contribution in [1.29, 1.82) is 5.26 Å². The molecule has 5 heterocycles. The number of thiophene rings is 1.